The van der Waals surface area contributed by atoms with E-state index in [2.05, 4.69) is 0 Å². The van der Waals surface area contributed by atoms with Crippen molar-refractivity contribution in [3.8, 4) is 5.75 Å². The molecule has 2 aromatic rings. The minimum Gasteiger partial charge on any atom is -0.467 e. The van der Waals surface area contributed by atoms with E-state index in [0.29, 0.717) is 40.4 Å². The molecule has 0 aromatic heterocycles. The Hall–Kier alpha value is -2.37. The maximum absolute atomic E-state index is 12.1. The SMILES string of the molecule is O=Cc1ccc(C(=O)OCc2cc(Cl)cc3c2OCOC3)cc1. The van der Waals surface area contributed by atoms with Crippen LogP contribution in [0.5, 0.6) is 5.75 Å². The Morgan fingerprint density at radius 3 is 2.78 bits per heavy atom. The molecular weight excluding hydrogens is 320 g/mol. The molecule has 0 aliphatic carbocycles. The lowest BCUT2D eigenvalue weighted by molar-refractivity contribution is -0.0180. The number of esters is 1. The van der Waals surface area contributed by atoms with Gasteiger partial charge in [-0.3, -0.25) is 4.79 Å². The van der Waals surface area contributed by atoms with Crippen molar-refractivity contribution in [3.63, 3.8) is 0 Å². The Kier molecular flexibility index (Phi) is 4.60. The first-order valence-corrected chi connectivity index (χ1v) is 7.29. The van der Waals surface area contributed by atoms with Crippen molar-refractivity contribution in [2.75, 3.05) is 6.79 Å². The number of halogens is 1. The van der Waals surface area contributed by atoms with Gasteiger partial charge in [-0.05, 0) is 24.3 Å². The van der Waals surface area contributed by atoms with Crippen molar-refractivity contribution in [1.82, 2.24) is 0 Å². The molecule has 0 saturated carbocycles. The molecule has 0 N–H and O–H groups in total. The Labute approximate surface area is 137 Å². The largest absolute Gasteiger partial charge is 0.467 e. The van der Waals surface area contributed by atoms with Gasteiger partial charge < -0.3 is 14.2 Å². The van der Waals surface area contributed by atoms with Crippen LogP contribution in [0.2, 0.25) is 5.02 Å². The highest BCUT2D eigenvalue weighted by Crippen LogP contribution is 2.32. The van der Waals surface area contributed by atoms with Crippen molar-refractivity contribution in [2.45, 2.75) is 13.2 Å². The molecule has 0 saturated heterocycles. The molecule has 0 atom stereocenters. The number of rotatable bonds is 4. The summed E-state index contributed by atoms with van der Waals surface area (Å²) < 4.78 is 16.0. The molecule has 3 rings (SSSR count). The fraction of sp³-hybridized carbons (Fsp3) is 0.176. The van der Waals surface area contributed by atoms with E-state index in [9.17, 15) is 9.59 Å². The summed E-state index contributed by atoms with van der Waals surface area (Å²) in [7, 11) is 0. The number of aldehydes is 1. The van der Waals surface area contributed by atoms with Gasteiger partial charge in [0.15, 0.2) is 6.79 Å². The number of hydrogen-bond donors (Lipinski definition) is 0. The molecule has 0 fully saturated rings. The van der Waals surface area contributed by atoms with Gasteiger partial charge in [0.2, 0.25) is 0 Å². The average molecular weight is 333 g/mol. The van der Waals surface area contributed by atoms with Crippen LogP contribution in [0.15, 0.2) is 36.4 Å². The van der Waals surface area contributed by atoms with Crippen LogP contribution >= 0.6 is 11.6 Å². The fourth-order valence-electron chi connectivity index (χ4n) is 2.29. The molecule has 23 heavy (non-hydrogen) atoms. The molecule has 0 bridgehead atoms. The van der Waals surface area contributed by atoms with Gasteiger partial charge in [0.05, 0.1) is 12.2 Å². The lowest BCUT2D eigenvalue weighted by Gasteiger charge is -2.21. The van der Waals surface area contributed by atoms with Crippen molar-refractivity contribution in [1.29, 1.82) is 0 Å². The fourth-order valence-corrected chi connectivity index (χ4v) is 2.55. The lowest BCUT2D eigenvalue weighted by atomic mass is 10.1. The van der Waals surface area contributed by atoms with Crippen LogP contribution in [0.3, 0.4) is 0 Å². The van der Waals surface area contributed by atoms with Crippen molar-refractivity contribution in [2.24, 2.45) is 0 Å². The van der Waals surface area contributed by atoms with Gasteiger partial charge in [-0.25, -0.2) is 4.79 Å². The lowest BCUT2D eigenvalue weighted by Crippen LogP contribution is -2.14. The summed E-state index contributed by atoms with van der Waals surface area (Å²) in [5, 5.41) is 0.527. The molecule has 1 aliphatic heterocycles. The van der Waals surface area contributed by atoms with Crippen molar-refractivity contribution >= 4 is 23.9 Å². The molecule has 0 unspecified atom stereocenters. The average Bonchev–Trinajstić information content (AvgIpc) is 2.59. The predicted octanol–water partition coefficient (Wildman–Crippen LogP) is 3.38. The predicted molar refractivity (Wildman–Crippen MR) is 82.7 cm³/mol. The monoisotopic (exact) mass is 332 g/mol. The first-order valence-electron chi connectivity index (χ1n) is 6.91. The van der Waals surface area contributed by atoms with Gasteiger partial charge >= 0.3 is 5.97 Å². The van der Waals surface area contributed by atoms with Crippen LogP contribution in [0, 0.1) is 0 Å². The molecule has 2 aromatic carbocycles. The smallest absolute Gasteiger partial charge is 0.338 e. The van der Waals surface area contributed by atoms with E-state index in [1.165, 1.54) is 0 Å². The molecular formula is C17H13ClO5. The quantitative estimate of drug-likeness (QED) is 0.634. The summed E-state index contributed by atoms with van der Waals surface area (Å²) in [6.07, 6.45) is 0.715. The van der Waals surface area contributed by atoms with E-state index < -0.39 is 5.97 Å². The van der Waals surface area contributed by atoms with Crippen LogP contribution in [0.25, 0.3) is 0 Å². The highest BCUT2D eigenvalue weighted by molar-refractivity contribution is 6.30. The van der Waals surface area contributed by atoms with Gasteiger partial charge in [0.25, 0.3) is 0 Å². The third-order valence-electron chi connectivity index (χ3n) is 3.39. The standard InChI is InChI=1S/C17H13ClO5/c18-15-5-13-8-21-10-23-16(13)14(6-15)9-22-17(20)12-3-1-11(7-19)2-4-12/h1-7H,8-10H2. The highest BCUT2D eigenvalue weighted by atomic mass is 35.5. The Morgan fingerprint density at radius 1 is 1.26 bits per heavy atom. The minimum absolute atomic E-state index is 0.0388. The number of carbonyl (C=O) groups excluding carboxylic acids is 2. The Morgan fingerprint density at radius 2 is 2.04 bits per heavy atom. The van der Waals surface area contributed by atoms with Crippen LogP contribution in [-0.4, -0.2) is 19.0 Å². The van der Waals surface area contributed by atoms with E-state index in [-0.39, 0.29) is 13.4 Å². The molecule has 0 amide bonds. The number of carbonyl (C=O) groups is 2. The van der Waals surface area contributed by atoms with Gasteiger partial charge in [-0.2, -0.15) is 0 Å². The molecule has 6 heteroatoms. The summed E-state index contributed by atoms with van der Waals surface area (Å²) in [5.74, 6) is 0.160. The normalized spacial score (nSPS) is 12.9. The third-order valence-corrected chi connectivity index (χ3v) is 3.61. The maximum Gasteiger partial charge on any atom is 0.338 e. The summed E-state index contributed by atoms with van der Waals surface area (Å²) in [6, 6.07) is 9.68. The second kappa shape index (κ2) is 6.81. The number of fused-ring (bicyclic) bond motifs is 1. The first kappa shape index (κ1) is 15.5. The topological polar surface area (TPSA) is 61.8 Å². The molecule has 5 nitrogen and oxygen atoms in total. The molecule has 0 radical (unpaired) electrons. The van der Waals surface area contributed by atoms with E-state index in [4.69, 9.17) is 25.8 Å². The molecule has 0 spiro atoms. The zero-order valence-corrected chi connectivity index (χ0v) is 12.8. The zero-order valence-electron chi connectivity index (χ0n) is 12.1. The number of ether oxygens (including phenoxy) is 3. The van der Waals surface area contributed by atoms with Crippen molar-refractivity contribution < 1.29 is 23.8 Å². The van der Waals surface area contributed by atoms with E-state index in [1.54, 1.807) is 36.4 Å². The minimum atomic E-state index is -0.483. The van der Waals surface area contributed by atoms with Crippen molar-refractivity contribution in [3.05, 3.63) is 63.7 Å². The van der Waals surface area contributed by atoms with Gasteiger partial charge in [0.1, 0.15) is 18.6 Å². The van der Waals surface area contributed by atoms with Crippen LogP contribution in [-0.2, 0) is 22.7 Å². The summed E-state index contributed by atoms with van der Waals surface area (Å²) in [4.78, 5) is 22.7. The second-order valence-electron chi connectivity index (χ2n) is 4.98. The van der Waals surface area contributed by atoms with E-state index in [0.717, 1.165) is 5.56 Å². The van der Waals surface area contributed by atoms with E-state index in [1.807, 2.05) is 0 Å². The molecule has 118 valence electrons. The van der Waals surface area contributed by atoms with Crippen LogP contribution in [0.4, 0.5) is 0 Å². The van der Waals surface area contributed by atoms with Crippen LogP contribution in [0.1, 0.15) is 31.8 Å². The van der Waals surface area contributed by atoms with Crippen LogP contribution < -0.4 is 4.74 Å². The van der Waals surface area contributed by atoms with E-state index >= 15 is 0 Å². The first-order chi connectivity index (χ1) is 11.2. The molecule has 1 heterocycles. The summed E-state index contributed by atoms with van der Waals surface area (Å²) in [5.41, 5.74) is 2.38. The maximum atomic E-state index is 12.1. The van der Waals surface area contributed by atoms with Gasteiger partial charge in [0, 0.05) is 21.7 Å². The second-order valence-corrected chi connectivity index (χ2v) is 5.42. The van der Waals surface area contributed by atoms with Gasteiger partial charge in [-0.15, -0.1) is 0 Å². The Balaban J connectivity index is 1.73. The zero-order chi connectivity index (χ0) is 16.2. The summed E-state index contributed by atoms with van der Waals surface area (Å²) >= 11 is 6.06. The highest BCUT2D eigenvalue weighted by Gasteiger charge is 2.18. The molecule has 1 aliphatic rings. The summed E-state index contributed by atoms with van der Waals surface area (Å²) in [6.45, 7) is 0.601. The number of hydrogen-bond acceptors (Lipinski definition) is 5. The van der Waals surface area contributed by atoms with Gasteiger partial charge in [-0.1, -0.05) is 23.7 Å². The Bertz CT molecular complexity index is 739. The third kappa shape index (κ3) is 3.52. The number of benzene rings is 2.